The molecule has 27 heavy (non-hydrogen) atoms. The molecule has 1 amide bonds. The molecule has 0 saturated carbocycles. The van der Waals surface area contributed by atoms with E-state index in [0.29, 0.717) is 11.1 Å². The minimum atomic E-state index is -4.47. The Morgan fingerprint density at radius 1 is 1.04 bits per heavy atom. The van der Waals surface area contributed by atoms with Crippen molar-refractivity contribution in [3.05, 3.63) is 58.1 Å². The Labute approximate surface area is 153 Å². The lowest BCUT2D eigenvalue weighted by Crippen LogP contribution is -2.27. The van der Waals surface area contributed by atoms with E-state index in [0.717, 1.165) is 12.1 Å². The van der Waals surface area contributed by atoms with Gasteiger partial charge in [0.05, 0.1) is 10.5 Å². The van der Waals surface area contributed by atoms with Crippen molar-refractivity contribution in [2.24, 2.45) is 0 Å². The fourth-order valence-electron chi connectivity index (χ4n) is 2.23. The Bertz CT molecular complexity index is 856. The van der Waals surface area contributed by atoms with Crippen LogP contribution in [0.15, 0.2) is 42.5 Å². The molecule has 2 aromatic rings. The second kappa shape index (κ2) is 7.26. The Kier molecular flexibility index (Phi) is 5.43. The minimum Gasteiger partial charge on any atom is -0.444 e. The molecule has 0 saturated heterocycles. The van der Waals surface area contributed by atoms with Crippen LogP contribution < -0.4 is 5.32 Å². The highest BCUT2D eigenvalue weighted by Gasteiger charge is 2.30. The first-order chi connectivity index (χ1) is 12.4. The number of nitrogens with one attached hydrogen (secondary N) is 1. The number of nitro benzene ring substituents is 1. The molecule has 0 atom stereocenters. The molecule has 0 aromatic heterocycles. The molecule has 0 unspecified atom stereocenters. The van der Waals surface area contributed by atoms with Crippen LogP contribution in [-0.2, 0) is 10.9 Å². The topological polar surface area (TPSA) is 81.5 Å². The molecular formula is C18H17F3N2O4. The summed E-state index contributed by atoms with van der Waals surface area (Å²) in [5.41, 5.74) is -1.37. The van der Waals surface area contributed by atoms with Gasteiger partial charge in [-0.15, -0.1) is 0 Å². The number of hydrogen-bond acceptors (Lipinski definition) is 4. The van der Waals surface area contributed by atoms with Gasteiger partial charge in [0.15, 0.2) is 0 Å². The Balaban J connectivity index is 2.32. The smallest absolute Gasteiger partial charge is 0.416 e. The molecule has 1 N–H and O–H groups in total. The lowest BCUT2D eigenvalue weighted by molar-refractivity contribution is -0.383. The average Bonchev–Trinajstić information content (AvgIpc) is 2.52. The fourth-order valence-corrected chi connectivity index (χ4v) is 2.23. The summed E-state index contributed by atoms with van der Waals surface area (Å²) in [7, 11) is 0. The number of amides is 1. The largest absolute Gasteiger partial charge is 0.444 e. The van der Waals surface area contributed by atoms with Gasteiger partial charge in [0.25, 0.3) is 5.69 Å². The summed E-state index contributed by atoms with van der Waals surface area (Å²) in [6.45, 7) is 4.94. The first kappa shape index (κ1) is 20.2. The number of carbonyl (C=O) groups excluding carboxylic acids is 1. The van der Waals surface area contributed by atoms with Crippen molar-refractivity contribution in [2.75, 3.05) is 5.32 Å². The number of benzene rings is 2. The number of ether oxygens (including phenoxy) is 1. The maximum absolute atomic E-state index is 12.6. The van der Waals surface area contributed by atoms with Crippen molar-refractivity contribution in [2.45, 2.75) is 32.5 Å². The van der Waals surface area contributed by atoms with Crippen LogP contribution >= 0.6 is 0 Å². The van der Waals surface area contributed by atoms with Crippen LogP contribution in [0.2, 0.25) is 0 Å². The minimum absolute atomic E-state index is 0.0788. The lowest BCUT2D eigenvalue weighted by atomic mass is 10.0. The van der Waals surface area contributed by atoms with Crippen LogP contribution in [0.25, 0.3) is 11.1 Å². The third-order valence-corrected chi connectivity index (χ3v) is 3.38. The molecule has 0 aliphatic rings. The van der Waals surface area contributed by atoms with E-state index in [1.807, 2.05) is 0 Å². The van der Waals surface area contributed by atoms with E-state index in [4.69, 9.17) is 4.74 Å². The van der Waals surface area contributed by atoms with Gasteiger partial charge in [-0.25, -0.2) is 4.79 Å². The highest BCUT2D eigenvalue weighted by molar-refractivity contribution is 5.89. The second-order valence-corrected chi connectivity index (χ2v) is 6.69. The van der Waals surface area contributed by atoms with E-state index >= 15 is 0 Å². The maximum atomic E-state index is 12.6. The highest BCUT2D eigenvalue weighted by Crippen LogP contribution is 2.34. The molecule has 0 fully saturated rings. The standard InChI is InChI=1S/C18H17F3N2O4/c1-17(2,3)27-16(24)22-14-9-6-12(10-15(14)23(25)26)11-4-7-13(8-5-11)18(19,20)21/h4-10H,1-3H3,(H,22,24). The third-order valence-electron chi connectivity index (χ3n) is 3.38. The molecule has 9 heteroatoms. The molecule has 0 bridgehead atoms. The summed E-state index contributed by atoms with van der Waals surface area (Å²) in [5.74, 6) is 0. The zero-order valence-corrected chi connectivity index (χ0v) is 14.8. The molecule has 0 aliphatic carbocycles. The molecule has 2 aromatic carbocycles. The van der Waals surface area contributed by atoms with E-state index in [1.54, 1.807) is 20.8 Å². The number of anilines is 1. The summed E-state index contributed by atoms with van der Waals surface area (Å²) in [5, 5.41) is 13.6. The molecule has 144 valence electrons. The third kappa shape index (κ3) is 5.44. The van der Waals surface area contributed by atoms with Crippen molar-refractivity contribution in [3.63, 3.8) is 0 Å². The molecule has 2 rings (SSSR count). The fraction of sp³-hybridized carbons (Fsp3) is 0.278. The van der Waals surface area contributed by atoms with Gasteiger partial charge in [0.2, 0.25) is 0 Å². The van der Waals surface area contributed by atoms with Gasteiger partial charge >= 0.3 is 12.3 Å². The molecule has 0 heterocycles. The lowest BCUT2D eigenvalue weighted by Gasteiger charge is -2.19. The van der Waals surface area contributed by atoms with Gasteiger partial charge in [-0.2, -0.15) is 13.2 Å². The molecular weight excluding hydrogens is 365 g/mol. The van der Waals surface area contributed by atoms with Crippen LogP contribution in [-0.4, -0.2) is 16.6 Å². The normalized spacial score (nSPS) is 11.8. The molecule has 0 aliphatic heterocycles. The Morgan fingerprint density at radius 2 is 1.59 bits per heavy atom. The Hall–Kier alpha value is -3.10. The highest BCUT2D eigenvalue weighted by atomic mass is 19.4. The van der Waals surface area contributed by atoms with E-state index in [9.17, 15) is 28.1 Å². The quantitative estimate of drug-likeness (QED) is 0.551. The zero-order valence-electron chi connectivity index (χ0n) is 14.8. The van der Waals surface area contributed by atoms with E-state index in [1.165, 1.54) is 30.3 Å². The number of hydrogen-bond donors (Lipinski definition) is 1. The number of rotatable bonds is 3. The van der Waals surface area contributed by atoms with Crippen LogP contribution in [0.4, 0.5) is 29.3 Å². The average molecular weight is 382 g/mol. The number of nitrogens with zero attached hydrogens (tertiary/aromatic N) is 1. The summed E-state index contributed by atoms with van der Waals surface area (Å²) < 4.78 is 43.0. The predicted molar refractivity (Wildman–Crippen MR) is 93.4 cm³/mol. The molecule has 0 radical (unpaired) electrons. The van der Waals surface area contributed by atoms with Crippen LogP contribution in [0, 0.1) is 10.1 Å². The summed E-state index contributed by atoms with van der Waals surface area (Å²) in [4.78, 5) is 22.5. The van der Waals surface area contributed by atoms with Crippen molar-refractivity contribution in [1.82, 2.24) is 0 Å². The summed E-state index contributed by atoms with van der Waals surface area (Å²) in [6, 6.07) is 8.18. The number of alkyl halides is 3. The SMILES string of the molecule is CC(C)(C)OC(=O)Nc1ccc(-c2ccc(C(F)(F)F)cc2)cc1[N+](=O)[O-]. The van der Waals surface area contributed by atoms with Crippen molar-refractivity contribution in [3.8, 4) is 11.1 Å². The number of nitro groups is 1. The summed E-state index contributed by atoms with van der Waals surface area (Å²) >= 11 is 0. The number of halogens is 3. The van der Waals surface area contributed by atoms with Crippen LogP contribution in [0.1, 0.15) is 26.3 Å². The Morgan fingerprint density at radius 3 is 2.07 bits per heavy atom. The number of carbonyl (C=O) groups is 1. The van der Waals surface area contributed by atoms with Gasteiger partial charge in [-0.1, -0.05) is 18.2 Å². The first-order valence-electron chi connectivity index (χ1n) is 7.83. The first-order valence-corrected chi connectivity index (χ1v) is 7.83. The van der Waals surface area contributed by atoms with Gasteiger partial charge in [0, 0.05) is 6.07 Å². The van der Waals surface area contributed by atoms with Crippen molar-refractivity contribution < 1.29 is 27.6 Å². The van der Waals surface area contributed by atoms with E-state index in [2.05, 4.69) is 5.32 Å². The zero-order chi connectivity index (χ0) is 20.4. The molecule has 6 nitrogen and oxygen atoms in total. The van der Waals surface area contributed by atoms with Crippen LogP contribution in [0.5, 0.6) is 0 Å². The predicted octanol–water partition coefficient (Wildman–Crippen LogP) is 5.63. The maximum Gasteiger partial charge on any atom is 0.416 e. The van der Waals surface area contributed by atoms with Gasteiger partial charge in [0.1, 0.15) is 11.3 Å². The van der Waals surface area contributed by atoms with Gasteiger partial charge < -0.3 is 4.74 Å². The van der Waals surface area contributed by atoms with Gasteiger partial charge in [-0.3, -0.25) is 15.4 Å². The van der Waals surface area contributed by atoms with Crippen LogP contribution in [0.3, 0.4) is 0 Å². The molecule has 0 spiro atoms. The van der Waals surface area contributed by atoms with Crippen molar-refractivity contribution in [1.29, 1.82) is 0 Å². The van der Waals surface area contributed by atoms with E-state index in [-0.39, 0.29) is 5.69 Å². The monoisotopic (exact) mass is 382 g/mol. The summed E-state index contributed by atoms with van der Waals surface area (Å²) in [6.07, 6.45) is -5.32. The second-order valence-electron chi connectivity index (χ2n) is 6.69. The van der Waals surface area contributed by atoms with Gasteiger partial charge in [-0.05, 0) is 50.1 Å². The van der Waals surface area contributed by atoms with Crippen molar-refractivity contribution >= 4 is 17.5 Å². The van der Waals surface area contributed by atoms with E-state index < -0.39 is 34.0 Å².